The lowest BCUT2D eigenvalue weighted by molar-refractivity contribution is -0.149. The van der Waals surface area contributed by atoms with Gasteiger partial charge in [-0.15, -0.1) is 0 Å². The second-order valence-corrected chi connectivity index (χ2v) is 16.6. The van der Waals surface area contributed by atoms with Crippen LogP contribution in [0.1, 0.15) is 30.0 Å². The van der Waals surface area contributed by atoms with E-state index in [0.29, 0.717) is 40.8 Å². The van der Waals surface area contributed by atoms with Crippen LogP contribution in [0.15, 0.2) is 71.5 Å². The first kappa shape index (κ1) is 28.7. The van der Waals surface area contributed by atoms with Crippen LogP contribution in [0.5, 0.6) is 0 Å². The molecule has 228 valence electrons. The van der Waals surface area contributed by atoms with Crippen LogP contribution in [0.3, 0.4) is 0 Å². The number of carbonyl (C=O) groups excluding carboxylic acids is 2. The summed E-state index contributed by atoms with van der Waals surface area (Å²) in [5.74, 6) is -1.23. The van der Waals surface area contributed by atoms with Crippen LogP contribution in [0, 0.1) is 5.92 Å². The van der Waals surface area contributed by atoms with Crippen LogP contribution in [0.2, 0.25) is 18.6 Å². The number of aliphatic hydroxyl groups excluding tert-OH is 1. The number of hydrogen-bond donors (Lipinski definition) is 3. The van der Waals surface area contributed by atoms with Crippen molar-refractivity contribution in [2.24, 2.45) is 5.92 Å². The normalized spacial score (nSPS) is 26.2. The highest BCUT2D eigenvalue weighted by molar-refractivity contribution is 6.72. The molecule has 1 saturated heterocycles. The molecule has 1 aromatic heterocycles. The summed E-state index contributed by atoms with van der Waals surface area (Å²) < 4.78 is 24.3. The Balaban J connectivity index is 1.25. The van der Waals surface area contributed by atoms with E-state index < -0.39 is 43.5 Å². The number of aliphatic hydroxyl groups is 1. The highest BCUT2D eigenvalue weighted by Gasteiger charge is 2.65. The minimum Gasteiger partial charge on any atom is -0.394 e. The number of aromatic nitrogens is 2. The fraction of sp³-hybridized carbons (Fsp3) is 0.364. The molecule has 11 heteroatoms. The van der Waals surface area contributed by atoms with Gasteiger partial charge in [0.15, 0.2) is 5.60 Å². The summed E-state index contributed by atoms with van der Waals surface area (Å²) in [4.78, 5) is 42.6. The molecule has 9 nitrogen and oxygen atoms in total. The molecule has 0 saturated carbocycles. The molecule has 4 heterocycles. The molecule has 3 aliphatic rings. The number of hydrogen-bond acceptors (Lipinski definition) is 5. The smallest absolute Gasteiger partial charge is 0.279 e. The van der Waals surface area contributed by atoms with Crippen LogP contribution in [-0.2, 0) is 32.9 Å². The predicted octanol–water partition coefficient (Wildman–Crippen LogP) is 4.38. The fourth-order valence-corrected chi connectivity index (χ4v) is 10.3. The molecule has 1 spiro atoms. The van der Waals surface area contributed by atoms with E-state index >= 15 is 4.11 Å². The average Bonchev–Trinajstić information content (AvgIpc) is 3.60. The minimum atomic E-state index is -3.49. The maximum Gasteiger partial charge on any atom is 0.279 e. The van der Waals surface area contributed by atoms with Gasteiger partial charge in [-0.1, -0.05) is 43.3 Å². The zero-order valence-electron chi connectivity index (χ0n) is 24.8. The number of aromatic amines is 1. The molecule has 3 aliphatic heterocycles. The number of nitrogens with one attached hydrogen (secondary N) is 2. The third-order valence-corrected chi connectivity index (χ3v) is 12.3. The first-order valence-electron chi connectivity index (χ1n) is 15.0. The summed E-state index contributed by atoms with van der Waals surface area (Å²) in [6.45, 7) is 5.17. The topological polar surface area (TPSA) is 117 Å². The molecular formula is C33H35FN4O5Si. The lowest BCUT2D eigenvalue weighted by Crippen LogP contribution is -2.48. The van der Waals surface area contributed by atoms with Crippen LogP contribution in [0.4, 0.5) is 9.80 Å². The number of rotatable bonds is 5. The molecular weight excluding hydrogens is 579 g/mol. The number of nitrogens with zero attached hydrogens (tertiary/aromatic N) is 2. The molecule has 0 radical (unpaired) electrons. The Labute approximate surface area is 254 Å². The number of benzene rings is 3. The van der Waals surface area contributed by atoms with Gasteiger partial charge in [0.25, 0.3) is 11.5 Å². The van der Waals surface area contributed by atoms with Crippen molar-refractivity contribution < 1.29 is 23.5 Å². The number of carbonyl (C=O) groups is 2. The van der Waals surface area contributed by atoms with Gasteiger partial charge in [-0.05, 0) is 61.0 Å². The molecule has 44 heavy (non-hydrogen) atoms. The van der Waals surface area contributed by atoms with Gasteiger partial charge in [-0.25, -0.2) is 4.68 Å². The Morgan fingerprint density at radius 3 is 2.55 bits per heavy atom. The number of para-hydroxylation sites is 1. The molecule has 5 atom stereocenters. The highest BCUT2D eigenvalue weighted by Crippen LogP contribution is 2.59. The lowest BCUT2D eigenvalue weighted by Gasteiger charge is -2.37. The number of halogens is 1. The van der Waals surface area contributed by atoms with E-state index in [9.17, 15) is 19.5 Å². The SMILES string of the molecule is C[C@@H]1[C@@H]([Si](C)(C)F)[C@H](CC(=O)N2Cc3ccccc3C[C@H]2CO)O[C@@]12C(=O)Nc1ccc(-n3[nH]c4ccccc4c3=O)cc12. The van der Waals surface area contributed by atoms with E-state index in [2.05, 4.69) is 10.4 Å². The van der Waals surface area contributed by atoms with Crippen molar-refractivity contribution >= 4 is 36.8 Å². The summed E-state index contributed by atoms with van der Waals surface area (Å²) in [6, 6.07) is 19.9. The summed E-state index contributed by atoms with van der Waals surface area (Å²) in [6.07, 6.45) is -0.431. The zero-order chi connectivity index (χ0) is 31.0. The number of amides is 2. The van der Waals surface area contributed by atoms with Gasteiger partial charge in [-0.2, -0.15) is 0 Å². The number of fused-ring (bicyclic) bond motifs is 4. The van der Waals surface area contributed by atoms with Gasteiger partial charge in [0, 0.05) is 29.3 Å². The Hall–Kier alpha value is -4.06. The third kappa shape index (κ3) is 4.28. The maximum atomic E-state index is 16.2. The Morgan fingerprint density at radius 2 is 1.82 bits per heavy atom. The van der Waals surface area contributed by atoms with Gasteiger partial charge >= 0.3 is 0 Å². The highest BCUT2D eigenvalue weighted by atomic mass is 28.4. The van der Waals surface area contributed by atoms with E-state index in [1.165, 1.54) is 4.68 Å². The first-order valence-corrected chi connectivity index (χ1v) is 18.0. The summed E-state index contributed by atoms with van der Waals surface area (Å²) in [7, 11) is -3.49. The van der Waals surface area contributed by atoms with Gasteiger partial charge in [0.1, 0.15) is 0 Å². The number of ether oxygens (including phenoxy) is 1. The Morgan fingerprint density at radius 1 is 1.09 bits per heavy atom. The quantitative estimate of drug-likeness (QED) is 0.228. The first-order chi connectivity index (χ1) is 21.0. The van der Waals surface area contributed by atoms with Crippen LogP contribution >= 0.6 is 0 Å². The molecule has 1 fully saturated rings. The minimum absolute atomic E-state index is 0.112. The standard InChI is InChI=1S/C33H35FN4O5Si/c1-19-30(44(2,3)34)28(16-29(40)37-17-21-9-5-4-8-20(21)14-23(37)18-39)43-33(19)25-15-22(12-13-27(25)35-32(33)42)38-31(41)24-10-6-7-11-26(24)36-38/h4-13,15,19,23,28,30,36,39H,14,16-18H2,1-3H3,(H,35,42)/t19-,23+,28+,30-,33+/m1/s1. The molecule has 0 aliphatic carbocycles. The molecule has 4 aromatic rings. The van der Waals surface area contributed by atoms with Crippen molar-refractivity contribution in [3.8, 4) is 5.69 Å². The molecule has 3 aromatic carbocycles. The van der Waals surface area contributed by atoms with Gasteiger partial charge < -0.3 is 24.2 Å². The van der Waals surface area contributed by atoms with E-state index in [0.717, 1.165) is 11.1 Å². The number of anilines is 1. The van der Waals surface area contributed by atoms with Gasteiger partial charge in [0.05, 0.1) is 41.8 Å². The predicted molar refractivity (Wildman–Crippen MR) is 167 cm³/mol. The maximum absolute atomic E-state index is 16.2. The van der Waals surface area contributed by atoms with E-state index in [4.69, 9.17) is 4.74 Å². The molecule has 0 bridgehead atoms. The summed E-state index contributed by atoms with van der Waals surface area (Å²) in [5.41, 5.74) is 1.95. The largest absolute Gasteiger partial charge is 0.394 e. The second-order valence-electron chi connectivity index (χ2n) is 12.8. The van der Waals surface area contributed by atoms with Gasteiger partial charge in [0.2, 0.25) is 14.3 Å². The average molecular weight is 615 g/mol. The van der Waals surface area contributed by atoms with Crippen molar-refractivity contribution in [1.82, 2.24) is 14.7 Å². The molecule has 2 amide bonds. The van der Waals surface area contributed by atoms with Crippen molar-refractivity contribution in [1.29, 1.82) is 0 Å². The monoisotopic (exact) mass is 614 g/mol. The van der Waals surface area contributed by atoms with E-state index in [-0.39, 0.29) is 24.5 Å². The summed E-state index contributed by atoms with van der Waals surface area (Å²) >= 11 is 0. The zero-order valence-corrected chi connectivity index (χ0v) is 25.8. The van der Waals surface area contributed by atoms with Crippen molar-refractivity contribution in [3.05, 3.63) is 93.8 Å². The van der Waals surface area contributed by atoms with Crippen LogP contribution < -0.4 is 10.9 Å². The second kappa shape index (κ2) is 10.3. The van der Waals surface area contributed by atoms with Crippen LogP contribution in [0.25, 0.3) is 16.6 Å². The van der Waals surface area contributed by atoms with Crippen molar-refractivity contribution in [2.75, 3.05) is 11.9 Å². The molecule has 3 N–H and O–H groups in total. The van der Waals surface area contributed by atoms with Crippen molar-refractivity contribution in [3.63, 3.8) is 0 Å². The third-order valence-electron chi connectivity index (χ3n) is 9.81. The van der Waals surface area contributed by atoms with E-state index in [1.807, 2.05) is 43.3 Å². The van der Waals surface area contributed by atoms with Crippen LogP contribution in [-0.4, -0.2) is 58.8 Å². The fourth-order valence-electron chi connectivity index (χ4n) is 7.77. The molecule has 7 rings (SSSR count). The van der Waals surface area contributed by atoms with Gasteiger partial charge in [-0.3, -0.25) is 19.5 Å². The van der Waals surface area contributed by atoms with Crippen molar-refractivity contribution in [2.45, 2.75) is 62.7 Å². The number of H-pyrrole nitrogens is 1. The lowest BCUT2D eigenvalue weighted by atomic mass is 9.82. The summed E-state index contributed by atoms with van der Waals surface area (Å²) in [5, 5.41) is 16.7. The Kier molecular flexibility index (Phi) is 6.68. The molecule has 0 unspecified atom stereocenters. The van der Waals surface area contributed by atoms with E-state index in [1.54, 1.807) is 48.3 Å². The Bertz CT molecular complexity index is 1860.